The number of hydrogen-bond donors (Lipinski definition) is 3. The maximum Gasteiger partial charge on any atom is 0.328 e. The number of nitrogens with two attached hydrogens (primary N) is 2. The minimum absolute atomic E-state index is 0.376. The summed E-state index contributed by atoms with van der Waals surface area (Å²) in [7, 11) is 0. The molecule has 0 aliphatic heterocycles. The van der Waals surface area contributed by atoms with Gasteiger partial charge in [-0.2, -0.15) is 0 Å². The monoisotopic (exact) mass is 258 g/mol. The summed E-state index contributed by atoms with van der Waals surface area (Å²) in [5.74, 6) is -1.11. The predicted octanol–water partition coefficient (Wildman–Crippen LogP) is 1.29. The molecule has 0 saturated carbocycles. The zero-order chi connectivity index (χ0) is 10.9. The molecule has 0 heterocycles. The van der Waals surface area contributed by atoms with Crippen LogP contribution >= 0.6 is 15.9 Å². The summed E-state index contributed by atoms with van der Waals surface area (Å²) >= 11 is 3.23. The second-order valence-electron chi connectivity index (χ2n) is 3.24. The van der Waals surface area contributed by atoms with Crippen LogP contribution in [0, 0.1) is 0 Å². The van der Waals surface area contributed by atoms with Gasteiger partial charge in [0.05, 0.1) is 0 Å². The van der Waals surface area contributed by atoms with Gasteiger partial charge in [-0.05, 0) is 25.1 Å². The average molecular weight is 259 g/mol. The van der Waals surface area contributed by atoms with E-state index in [1.54, 1.807) is 18.2 Å². The van der Waals surface area contributed by atoms with E-state index in [0.717, 1.165) is 4.47 Å². The topological polar surface area (TPSA) is 89.3 Å². The van der Waals surface area contributed by atoms with Crippen LogP contribution < -0.4 is 11.5 Å². The number of aliphatic carboxylic acids is 1. The van der Waals surface area contributed by atoms with Gasteiger partial charge in [-0.3, -0.25) is 0 Å². The predicted molar refractivity (Wildman–Crippen MR) is 57.7 cm³/mol. The van der Waals surface area contributed by atoms with Gasteiger partial charge >= 0.3 is 5.97 Å². The van der Waals surface area contributed by atoms with Crippen molar-refractivity contribution in [3.8, 4) is 0 Å². The molecule has 0 saturated heterocycles. The molecule has 0 radical (unpaired) electrons. The van der Waals surface area contributed by atoms with Crippen molar-refractivity contribution in [3.63, 3.8) is 0 Å². The van der Waals surface area contributed by atoms with E-state index in [0.29, 0.717) is 11.3 Å². The van der Waals surface area contributed by atoms with Crippen molar-refractivity contribution in [2.75, 3.05) is 5.73 Å². The first-order chi connectivity index (χ1) is 6.35. The lowest BCUT2D eigenvalue weighted by Crippen LogP contribution is -2.42. The Morgan fingerprint density at radius 2 is 2.14 bits per heavy atom. The van der Waals surface area contributed by atoms with Gasteiger partial charge in [0.2, 0.25) is 0 Å². The van der Waals surface area contributed by atoms with Gasteiger partial charge in [-0.1, -0.05) is 15.9 Å². The van der Waals surface area contributed by atoms with Crippen molar-refractivity contribution >= 4 is 27.6 Å². The Hall–Kier alpha value is -1.07. The Labute approximate surface area is 90.0 Å². The van der Waals surface area contributed by atoms with Crippen LogP contribution in [0.5, 0.6) is 0 Å². The molecule has 0 aliphatic carbocycles. The van der Waals surface area contributed by atoms with Crippen molar-refractivity contribution in [1.29, 1.82) is 0 Å². The van der Waals surface area contributed by atoms with E-state index in [4.69, 9.17) is 16.6 Å². The first kappa shape index (κ1) is 11.0. The lowest BCUT2D eigenvalue weighted by atomic mass is 9.92. The fourth-order valence-electron chi connectivity index (χ4n) is 1.09. The molecule has 4 nitrogen and oxygen atoms in total. The maximum absolute atomic E-state index is 10.9. The van der Waals surface area contributed by atoms with Gasteiger partial charge in [0.15, 0.2) is 0 Å². The molecule has 1 aromatic carbocycles. The van der Waals surface area contributed by atoms with E-state index in [-0.39, 0.29) is 0 Å². The van der Waals surface area contributed by atoms with Crippen LogP contribution in [0.3, 0.4) is 0 Å². The molecule has 0 unspecified atom stereocenters. The van der Waals surface area contributed by atoms with Gasteiger partial charge in [0.1, 0.15) is 5.54 Å². The summed E-state index contributed by atoms with van der Waals surface area (Å²) in [6, 6.07) is 4.97. The number of benzene rings is 1. The summed E-state index contributed by atoms with van der Waals surface area (Å²) in [6.45, 7) is 1.41. The molecule has 76 valence electrons. The van der Waals surface area contributed by atoms with Gasteiger partial charge in [-0.15, -0.1) is 0 Å². The molecule has 0 fully saturated rings. The van der Waals surface area contributed by atoms with Crippen LogP contribution in [0.25, 0.3) is 0 Å². The number of carboxylic acid groups (broad SMARTS) is 1. The minimum atomic E-state index is -1.46. The molecule has 1 rings (SSSR count). The Bertz CT molecular complexity index is 377. The standard InChI is InChI=1S/C9H11BrN2O2/c1-9(12,8(13)14)6-4-5(10)2-3-7(6)11/h2-4H,11-12H2,1H3,(H,13,14)/t9-/m1/s1. The third-order valence-electron chi connectivity index (χ3n) is 2.02. The highest BCUT2D eigenvalue weighted by molar-refractivity contribution is 9.10. The molecular formula is C9H11BrN2O2. The summed E-state index contributed by atoms with van der Waals surface area (Å²) in [5, 5.41) is 8.91. The van der Waals surface area contributed by atoms with Crippen LogP contribution in [-0.2, 0) is 10.3 Å². The van der Waals surface area contributed by atoms with E-state index in [9.17, 15) is 4.79 Å². The lowest BCUT2D eigenvalue weighted by Gasteiger charge is -2.21. The molecule has 0 aliphatic rings. The van der Waals surface area contributed by atoms with Crippen LogP contribution in [0.1, 0.15) is 12.5 Å². The zero-order valence-electron chi connectivity index (χ0n) is 7.62. The summed E-state index contributed by atoms with van der Waals surface area (Å²) in [6.07, 6.45) is 0. The fraction of sp³-hybridized carbons (Fsp3) is 0.222. The zero-order valence-corrected chi connectivity index (χ0v) is 9.21. The molecule has 1 aromatic rings. The van der Waals surface area contributed by atoms with E-state index in [1.807, 2.05) is 0 Å². The lowest BCUT2D eigenvalue weighted by molar-refractivity contribution is -0.143. The SMILES string of the molecule is C[C@](N)(C(=O)O)c1cc(Br)ccc1N. The van der Waals surface area contributed by atoms with Crippen molar-refractivity contribution in [2.45, 2.75) is 12.5 Å². The van der Waals surface area contributed by atoms with E-state index >= 15 is 0 Å². The molecule has 0 aromatic heterocycles. The molecule has 1 atom stereocenters. The van der Waals surface area contributed by atoms with E-state index < -0.39 is 11.5 Å². The minimum Gasteiger partial charge on any atom is -0.480 e. The number of anilines is 1. The Kier molecular flexibility index (Phi) is 2.82. The van der Waals surface area contributed by atoms with Gasteiger partial charge in [0.25, 0.3) is 0 Å². The van der Waals surface area contributed by atoms with Crippen molar-refractivity contribution in [2.24, 2.45) is 5.73 Å². The first-order valence-corrected chi connectivity index (χ1v) is 4.73. The molecule has 5 heteroatoms. The van der Waals surface area contributed by atoms with Crippen LogP contribution in [0.2, 0.25) is 0 Å². The average Bonchev–Trinajstić information content (AvgIpc) is 2.08. The van der Waals surface area contributed by atoms with Crippen LogP contribution in [0.4, 0.5) is 5.69 Å². The van der Waals surface area contributed by atoms with Crippen LogP contribution in [0.15, 0.2) is 22.7 Å². The van der Waals surface area contributed by atoms with Gasteiger partial charge < -0.3 is 16.6 Å². The highest BCUT2D eigenvalue weighted by Crippen LogP contribution is 2.27. The Balaban J connectivity index is 3.31. The normalized spacial score (nSPS) is 14.8. The molecule has 0 bridgehead atoms. The second-order valence-corrected chi connectivity index (χ2v) is 4.15. The summed E-state index contributed by atoms with van der Waals surface area (Å²) in [4.78, 5) is 10.9. The van der Waals surface area contributed by atoms with Crippen LogP contribution in [-0.4, -0.2) is 11.1 Å². The molecule has 0 amide bonds. The number of halogens is 1. The smallest absolute Gasteiger partial charge is 0.328 e. The number of rotatable bonds is 2. The first-order valence-electron chi connectivity index (χ1n) is 3.93. The van der Waals surface area contributed by atoms with E-state index in [2.05, 4.69) is 15.9 Å². The largest absolute Gasteiger partial charge is 0.480 e. The fourth-order valence-corrected chi connectivity index (χ4v) is 1.45. The molecule has 14 heavy (non-hydrogen) atoms. The number of carboxylic acids is 1. The maximum atomic E-state index is 10.9. The van der Waals surface area contributed by atoms with Crippen molar-refractivity contribution in [3.05, 3.63) is 28.2 Å². The highest BCUT2D eigenvalue weighted by atomic mass is 79.9. The van der Waals surface area contributed by atoms with Crippen molar-refractivity contribution in [1.82, 2.24) is 0 Å². The molecular weight excluding hydrogens is 248 g/mol. The summed E-state index contributed by atoms with van der Waals surface area (Å²) < 4.78 is 0.750. The molecule has 0 spiro atoms. The molecule has 5 N–H and O–H groups in total. The third kappa shape index (κ3) is 1.88. The van der Waals surface area contributed by atoms with Gasteiger partial charge in [0, 0.05) is 15.7 Å². The summed E-state index contributed by atoms with van der Waals surface area (Å²) in [5.41, 5.74) is 10.6. The quantitative estimate of drug-likeness (QED) is 0.698. The Morgan fingerprint density at radius 1 is 1.57 bits per heavy atom. The highest BCUT2D eigenvalue weighted by Gasteiger charge is 2.32. The third-order valence-corrected chi connectivity index (χ3v) is 2.51. The second kappa shape index (κ2) is 3.59. The van der Waals surface area contributed by atoms with Gasteiger partial charge in [-0.25, -0.2) is 4.79 Å². The van der Waals surface area contributed by atoms with Crippen molar-refractivity contribution < 1.29 is 9.90 Å². The Morgan fingerprint density at radius 3 is 2.64 bits per heavy atom. The number of nitrogen functional groups attached to an aromatic ring is 1. The van der Waals surface area contributed by atoms with E-state index in [1.165, 1.54) is 6.92 Å². The number of carbonyl (C=O) groups is 1. The number of hydrogen-bond acceptors (Lipinski definition) is 3.